The summed E-state index contributed by atoms with van der Waals surface area (Å²) in [6, 6.07) is 4.86. The van der Waals surface area contributed by atoms with Gasteiger partial charge >= 0.3 is 0 Å². The molecule has 2 rings (SSSR count). The Hall–Kier alpha value is -1.82. The summed E-state index contributed by atoms with van der Waals surface area (Å²) in [4.78, 5) is 0. The Morgan fingerprint density at radius 1 is 1.03 bits per heavy atom. The molecule has 0 radical (unpaired) electrons. The van der Waals surface area contributed by atoms with Crippen molar-refractivity contribution >= 4 is 6.08 Å². The molecule has 0 fully saturated rings. The molecule has 0 N–H and O–H groups in total. The van der Waals surface area contributed by atoms with Crippen molar-refractivity contribution < 1.29 is 0 Å². The van der Waals surface area contributed by atoms with Gasteiger partial charge in [-0.1, -0.05) is 103 Å². The zero-order chi connectivity index (χ0) is 26.3. The van der Waals surface area contributed by atoms with Crippen LogP contribution in [-0.2, 0) is 6.42 Å². The topological polar surface area (TPSA) is 0 Å². The van der Waals surface area contributed by atoms with Gasteiger partial charge in [0.15, 0.2) is 0 Å². The van der Waals surface area contributed by atoms with E-state index in [1.807, 2.05) is 0 Å². The number of hydrogen-bond donors (Lipinski definition) is 0. The van der Waals surface area contributed by atoms with Gasteiger partial charge in [-0.2, -0.15) is 0 Å². The van der Waals surface area contributed by atoms with E-state index in [-0.39, 0.29) is 7.43 Å². The number of benzene rings is 1. The van der Waals surface area contributed by atoms with Crippen LogP contribution in [0.3, 0.4) is 0 Å². The predicted molar refractivity (Wildman–Crippen MR) is 165 cm³/mol. The Kier molecular flexibility index (Phi) is 18.6. The smallest absolute Gasteiger partial charge is 0.00800 e. The Bertz CT molecular complexity index is 768. The maximum Gasteiger partial charge on any atom is -0.00800 e. The maximum absolute atomic E-state index is 4.16. The van der Waals surface area contributed by atoms with Crippen LogP contribution in [-0.4, -0.2) is 0 Å². The lowest BCUT2D eigenvalue weighted by Crippen LogP contribution is -2.30. The van der Waals surface area contributed by atoms with Gasteiger partial charge in [0.05, 0.1) is 0 Å². The fraction of sp³-hybridized carbons (Fsp3) is 0.600. The lowest BCUT2D eigenvalue weighted by atomic mass is 9.63. The van der Waals surface area contributed by atoms with Gasteiger partial charge in [-0.25, -0.2) is 0 Å². The molecule has 1 aliphatic rings. The van der Waals surface area contributed by atoms with Crippen molar-refractivity contribution in [2.75, 3.05) is 0 Å². The Morgan fingerprint density at radius 2 is 1.63 bits per heavy atom. The number of rotatable bonds is 9. The summed E-state index contributed by atoms with van der Waals surface area (Å²) >= 11 is 0. The highest BCUT2D eigenvalue weighted by Crippen LogP contribution is 2.48. The second-order valence-electron chi connectivity index (χ2n) is 11.2. The Balaban J connectivity index is 0. The van der Waals surface area contributed by atoms with Gasteiger partial charge in [0.1, 0.15) is 0 Å². The van der Waals surface area contributed by atoms with Crippen LogP contribution in [0.1, 0.15) is 135 Å². The molecule has 0 bridgehead atoms. The number of hydrogen-bond acceptors (Lipinski definition) is 0. The summed E-state index contributed by atoms with van der Waals surface area (Å²) in [7, 11) is 0. The number of unbranched alkanes of at least 4 members (excludes halogenated alkanes) is 3. The van der Waals surface area contributed by atoms with E-state index in [0.717, 1.165) is 0 Å². The molecule has 1 aromatic carbocycles. The van der Waals surface area contributed by atoms with E-state index in [0.29, 0.717) is 17.3 Å². The molecule has 0 heteroatoms. The minimum atomic E-state index is 0. The fourth-order valence-corrected chi connectivity index (χ4v) is 5.11. The summed E-state index contributed by atoms with van der Waals surface area (Å²) in [6.45, 7) is 32.3. The molecule has 2 atom stereocenters. The van der Waals surface area contributed by atoms with Gasteiger partial charge < -0.3 is 0 Å². The molecule has 0 aliphatic heterocycles. The number of allylic oxidation sites excluding steroid dienone is 3. The van der Waals surface area contributed by atoms with E-state index >= 15 is 0 Å². The molecule has 0 aromatic heterocycles. The first-order valence-corrected chi connectivity index (χ1v) is 13.6. The molecule has 0 saturated heterocycles. The van der Waals surface area contributed by atoms with Crippen LogP contribution in [0.4, 0.5) is 0 Å². The molecule has 200 valence electrons. The summed E-state index contributed by atoms with van der Waals surface area (Å²) < 4.78 is 0. The van der Waals surface area contributed by atoms with E-state index in [4.69, 9.17) is 0 Å². The monoisotopic (exact) mass is 480 g/mol. The van der Waals surface area contributed by atoms with Crippen molar-refractivity contribution in [3.8, 4) is 0 Å². The van der Waals surface area contributed by atoms with Crippen molar-refractivity contribution in [3.63, 3.8) is 0 Å². The third kappa shape index (κ3) is 12.6. The van der Waals surface area contributed by atoms with Crippen LogP contribution in [0.15, 0.2) is 55.7 Å². The lowest BCUT2D eigenvalue weighted by Gasteiger charge is -2.41. The van der Waals surface area contributed by atoms with Crippen LogP contribution in [0.2, 0.25) is 0 Å². The van der Waals surface area contributed by atoms with Crippen molar-refractivity contribution in [2.24, 2.45) is 11.3 Å². The van der Waals surface area contributed by atoms with Crippen LogP contribution in [0.5, 0.6) is 0 Å². The third-order valence-electron chi connectivity index (χ3n) is 6.96. The minimum absolute atomic E-state index is 0. The van der Waals surface area contributed by atoms with Gasteiger partial charge in [0.25, 0.3) is 0 Å². The largest absolute Gasteiger partial charge is 0.106 e. The summed E-state index contributed by atoms with van der Waals surface area (Å²) in [5.74, 6) is 1.31. The SMILES string of the molecule is C.C=C.C=C(C)CCCC.C=Cc1cc(CCCCC)cc(C)c1C1CC(C)=CCC1C(C)(C)C. The highest BCUT2D eigenvalue weighted by atomic mass is 14.4. The van der Waals surface area contributed by atoms with Crippen LogP contribution in [0, 0.1) is 18.3 Å². The first-order valence-electron chi connectivity index (χ1n) is 13.6. The van der Waals surface area contributed by atoms with Gasteiger partial charge in [-0.3, -0.25) is 0 Å². The van der Waals surface area contributed by atoms with Crippen LogP contribution < -0.4 is 0 Å². The zero-order valence-corrected chi connectivity index (χ0v) is 24.2. The summed E-state index contributed by atoms with van der Waals surface area (Å²) in [6.07, 6.45) is 15.8. The second kappa shape index (κ2) is 18.4. The van der Waals surface area contributed by atoms with Crippen molar-refractivity contribution in [1.29, 1.82) is 0 Å². The standard InChI is InChI=1S/C25H38.C7H14.C2H4.CH4/c1-8-10-11-12-20-16-19(4)24(21(9-2)17-20)22-15-18(3)13-14-23(22)25(5,6)7;1-4-5-6-7(2)3;1-2;/h9,13,16-17,22-23H,2,8,10-12,14-15H2,1,3-7H3;2,4-6H2,1,3H3;1-2H2;1H4. The van der Waals surface area contributed by atoms with Gasteiger partial charge in [-0.15, -0.1) is 19.7 Å². The Morgan fingerprint density at radius 3 is 2.09 bits per heavy atom. The fourth-order valence-electron chi connectivity index (χ4n) is 5.11. The first kappa shape index (κ1) is 35.3. The van der Waals surface area contributed by atoms with E-state index in [2.05, 4.69) is 106 Å². The van der Waals surface area contributed by atoms with Crippen molar-refractivity contribution in [1.82, 2.24) is 0 Å². The van der Waals surface area contributed by atoms with E-state index in [9.17, 15) is 0 Å². The molecule has 1 aliphatic carbocycles. The van der Waals surface area contributed by atoms with E-state index in [1.54, 1.807) is 11.1 Å². The highest BCUT2D eigenvalue weighted by Gasteiger charge is 2.36. The van der Waals surface area contributed by atoms with Crippen LogP contribution in [0.25, 0.3) is 6.08 Å². The molecule has 0 amide bonds. The molecule has 35 heavy (non-hydrogen) atoms. The second-order valence-corrected chi connectivity index (χ2v) is 11.2. The first-order chi connectivity index (χ1) is 16.0. The molecule has 1 aromatic rings. The highest BCUT2D eigenvalue weighted by molar-refractivity contribution is 5.58. The summed E-state index contributed by atoms with van der Waals surface area (Å²) in [5, 5.41) is 0. The van der Waals surface area contributed by atoms with Crippen molar-refractivity contribution in [3.05, 3.63) is 77.9 Å². The zero-order valence-electron chi connectivity index (χ0n) is 24.2. The Labute approximate surface area is 221 Å². The molecule has 0 saturated carbocycles. The van der Waals surface area contributed by atoms with Crippen molar-refractivity contribution in [2.45, 2.75) is 127 Å². The van der Waals surface area contributed by atoms with Gasteiger partial charge in [0.2, 0.25) is 0 Å². The predicted octanol–water partition coefficient (Wildman–Crippen LogP) is 12.0. The minimum Gasteiger partial charge on any atom is -0.106 e. The lowest BCUT2D eigenvalue weighted by molar-refractivity contribution is 0.192. The van der Waals surface area contributed by atoms with Gasteiger partial charge in [-0.05, 0) is 98.8 Å². The normalized spacial score (nSPS) is 17.0. The van der Waals surface area contributed by atoms with Crippen LogP contribution >= 0.6 is 0 Å². The molecule has 0 heterocycles. The average molecular weight is 481 g/mol. The molecular formula is C35H60. The third-order valence-corrected chi connectivity index (χ3v) is 6.96. The average Bonchev–Trinajstić information content (AvgIpc) is 2.78. The van der Waals surface area contributed by atoms with E-state index in [1.165, 1.54) is 80.1 Å². The molecule has 2 unspecified atom stereocenters. The van der Waals surface area contributed by atoms with Gasteiger partial charge in [0, 0.05) is 0 Å². The molecular weight excluding hydrogens is 420 g/mol. The quantitative estimate of drug-likeness (QED) is 0.243. The molecule has 0 nitrogen and oxygen atoms in total. The molecule has 0 spiro atoms. The maximum atomic E-state index is 4.16. The van der Waals surface area contributed by atoms with E-state index < -0.39 is 0 Å². The summed E-state index contributed by atoms with van der Waals surface area (Å²) in [5.41, 5.74) is 9.07. The number of aryl methyl sites for hydroxylation is 2.